The van der Waals surface area contributed by atoms with Crippen LogP contribution in [0.4, 0.5) is 0 Å². The number of hydrogen-bond acceptors (Lipinski definition) is 6. The third-order valence-electron chi connectivity index (χ3n) is 4.98. The van der Waals surface area contributed by atoms with E-state index < -0.39 is 5.60 Å². The molecule has 1 aliphatic carbocycles. The first-order chi connectivity index (χ1) is 10.2. The number of nitrogens with zero attached hydrogens (tertiary/aromatic N) is 2. The summed E-state index contributed by atoms with van der Waals surface area (Å²) >= 11 is 0. The molecule has 0 aromatic carbocycles. The summed E-state index contributed by atoms with van der Waals surface area (Å²) in [6.45, 7) is 1.32. The van der Waals surface area contributed by atoms with Crippen molar-refractivity contribution in [1.29, 1.82) is 0 Å². The summed E-state index contributed by atoms with van der Waals surface area (Å²) in [5.74, 6) is 1.63. The Morgan fingerprint density at radius 1 is 1.24 bits per heavy atom. The SMILES string of the molecule is COC1(c2noc(C(N)C3CCCCC3)n2)CCOCC1. The molecule has 0 spiro atoms. The predicted molar refractivity (Wildman–Crippen MR) is 76.5 cm³/mol. The van der Waals surface area contributed by atoms with Crippen LogP contribution in [0.15, 0.2) is 4.52 Å². The van der Waals surface area contributed by atoms with Gasteiger partial charge in [0.25, 0.3) is 0 Å². The highest BCUT2D eigenvalue weighted by molar-refractivity contribution is 5.05. The summed E-state index contributed by atoms with van der Waals surface area (Å²) in [6.07, 6.45) is 7.62. The normalized spacial score (nSPS) is 24.9. The predicted octanol–water partition coefficient (Wildman–Crippen LogP) is 2.30. The summed E-state index contributed by atoms with van der Waals surface area (Å²) < 4.78 is 16.6. The third kappa shape index (κ3) is 2.98. The molecule has 1 atom stereocenters. The maximum absolute atomic E-state index is 6.34. The molecular weight excluding hydrogens is 270 g/mol. The Bertz CT molecular complexity index is 451. The number of hydrogen-bond donors (Lipinski definition) is 1. The molecular formula is C15H25N3O3. The van der Waals surface area contributed by atoms with Gasteiger partial charge in [0.05, 0.1) is 6.04 Å². The van der Waals surface area contributed by atoms with Crippen molar-refractivity contribution in [2.75, 3.05) is 20.3 Å². The Morgan fingerprint density at radius 3 is 2.62 bits per heavy atom. The van der Waals surface area contributed by atoms with E-state index in [2.05, 4.69) is 10.1 Å². The minimum atomic E-state index is -0.480. The molecule has 6 heteroatoms. The molecule has 1 unspecified atom stereocenters. The van der Waals surface area contributed by atoms with Crippen molar-refractivity contribution in [2.45, 2.75) is 56.6 Å². The van der Waals surface area contributed by atoms with Crippen LogP contribution in [0, 0.1) is 5.92 Å². The fraction of sp³-hybridized carbons (Fsp3) is 0.867. The van der Waals surface area contributed by atoms with Gasteiger partial charge in [0, 0.05) is 33.2 Å². The van der Waals surface area contributed by atoms with Crippen molar-refractivity contribution >= 4 is 0 Å². The van der Waals surface area contributed by atoms with Crippen LogP contribution in [0.5, 0.6) is 0 Å². The molecule has 21 heavy (non-hydrogen) atoms. The van der Waals surface area contributed by atoms with Crippen molar-refractivity contribution in [2.24, 2.45) is 11.7 Å². The van der Waals surface area contributed by atoms with Gasteiger partial charge in [-0.3, -0.25) is 0 Å². The van der Waals surface area contributed by atoms with Gasteiger partial charge < -0.3 is 19.7 Å². The topological polar surface area (TPSA) is 83.4 Å². The Labute approximate surface area is 125 Å². The van der Waals surface area contributed by atoms with Crippen LogP contribution in [-0.2, 0) is 15.1 Å². The minimum absolute atomic E-state index is 0.153. The molecule has 1 aliphatic heterocycles. The molecule has 0 amide bonds. The molecule has 0 bridgehead atoms. The van der Waals surface area contributed by atoms with Gasteiger partial charge in [-0.05, 0) is 18.8 Å². The molecule has 2 N–H and O–H groups in total. The standard InChI is InChI=1S/C15H25N3O3/c1-19-15(7-9-20-10-8-15)14-17-13(21-18-14)12(16)11-5-3-2-4-6-11/h11-12H,2-10,16H2,1H3. The van der Waals surface area contributed by atoms with E-state index in [9.17, 15) is 0 Å². The van der Waals surface area contributed by atoms with Crippen LogP contribution in [0.1, 0.15) is 62.7 Å². The maximum atomic E-state index is 6.34. The molecule has 1 aromatic rings. The van der Waals surface area contributed by atoms with Crippen LogP contribution >= 0.6 is 0 Å². The average Bonchev–Trinajstić information content (AvgIpc) is 3.06. The van der Waals surface area contributed by atoms with Crippen molar-refractivity contribution in [1.82, 2.24) is 10.1 Å². The van der Waals surface area contributed by atoms with Crippen LogP contribution in [0.3, 0.4) is 0 Å². The highest BCUT2D eigenvalue weighted by atomic mass is 16.5. The summed E-state index contributed by atoms with van der Waals surface area (Å²) in [4.78, 5) is 4.57. The highest BCUT2D eigenvalue weighted by Crippen LogP contribution is 2.36. The Kier molecular flexibility index (Phi) is 4.57. The van der Waals surface area contributed by atoms with Crippen LogP contribution in [0.2, 0.25) is 0 Å². The number of ether oxygens (including phenoxy) is 2. The quantitative estimate of drug-likeness (QED) is 0.917. The monoisotopic (exact) mass is 295 g/mol. The molecule has 1 aromatic heterocycles. The largest absolute Gasteiger partial charge is 0.381 e. The van der Waals surface area contributed by atoms with Crippen molar-refractivity contribution in [3.8, 4) is 0 Å². The van der Waals surface area contributed by atoms with Gasteiger partial charge in [-0.2, -0.15) is 4.98 Å². The zero-order chi connectivity index (χ0) is 14.7. The van der Waals surface area contributed by atoms with E-state index in [1.54, 1.807) is 7.11 Å². The number of nitrogens with two attached hydrogens (primary N) is 1. The molecule has 118 valence electrons. The fourth-order valence-corrected chi connectivity index (χ4v) is 3.47. The minimum Gasteiger partial charge on any atom is -0.381 e. The molecule has 2 heterocycles. The van der Waals surface area contributed by atoms with E-state index in [0.717, 1.165) is 25.7 Å². The second kappa shape index (κ2) is 6.42. The Morgan fingerprint density at radius 2 is 1.95 bits per heavy atom. The summed E-state index contributed by atoms with van der Waals surface area (Å²) in [6, 6.07) is -0.153. The highest BCUT2D eigenvalue weighted by Gasteiger charge is 2.40. The zero-order valence-electron chi connectivity index (χ0n) is 12.7. The van der Waals surface area contributed by atoms with E-state index in [-0.39, 0.29) is 6.04 Å². The van der Waals surface area contributed by atoms with Gasteiger partial charge in [0.2, 0.25) is 11.7 Å². The van der Waals surface area contributed by atoms with E-state index in [1.165, 1.54) is 19.3 Å². The smallest absolute Gasteiger partial charge is 0.243 e. The maximum Gasteiger partial charge on any atom is 0.243 e. The van der Waals surface area contributed by atoms with Gasteiger partial charge in [0.1, 0.15) is 5.60 Å². The molecule has 3 rings (SSSR count). The molecule has 2 fully saturated rings. The van der Waals surface area contributed by atoms with Crippen molar-refractivity contribution < 1.29 is 14.0 Å². The number of methoxy groups -OCH3 is 1. The van der Waals surface area contributed by atoms with E-state index >= 15 is 0 Å². The van der Waals surface area contributed by atoms with E-state index in [4.69, 9.17) is 19.7 Å². The molecule has 1 saturated heterocycles. The van der Waals surface area contributed by atoms with E-state index in [0.29, 0.717) is 30.8 Å². The summed E-state index contributed by atoms with van der Waals surface area (Å²) in [5.41, 5.74) is 5.86. The van der Waals surface area contributed by atoms with Crippen molar-refractivity contribution in [3.05, 3.63) is 11.7 Å². The first-order valence-electron chi connectivity index (χ1n) is 7.98. The molecule has 1 saturated carbocycles. The van der Waals surface area contributed by atoms with Gasteiger partial charge >= 0.3 is 0 Å². The van der Waals surface area contributed by atoms with Gasteiger partial charge in [-0.1, -0.05) is 24.4 Å². The third-order valence-corrected chi connectivity index (χ3v) is 4.98. The van der Waals surface area contributed by atoms with Crippen molar-refractivity contribution in [3.63, 3.8) is 0 Å². The van der Waals surface area contributed by atoms with Gasteiger partial charge in [-0.25, -0.2) is 0 Å². The van der Waals surface area contributed by atoms with Gasteiger partial charge in [-0.15, -0.1) is 0 Å². The van der Waals surface area contributed by atoms with Crippen LogP contribution in [-0.4, -0.2) is 30.5 Å². The lowest BCUT2D eigenvalue weighted by molar-refractivity contribution is -0.101. The molecule has 0 radical (unpaired) electrons. The lowest BCUT2D eigenvalue weighted by Gasteiger charge is -2.32. The first-order valence-corrected chi connectivity index (χ1v) is 7.98. The second-order valence-corrected chi connectivity index (χ2v) is 6.19. The van der Waals surface area contributed by atoms with Gasteiger partial charge in [0.15, 0.2) is 0 Å². The average molecular weight is 295 g/mol. The van der Waals surface area contributed by atoms with E-state index in [1.807, 2.05) is 0 Å². The number of aromatic nitrogens is 2. The Hall–Kier alpha value is -0.980. The second-order valence-electron chi connectivity index (χ2n) is 6.19. The molecule has 2 aliphatic rings. The van der Waals surface area contributed by atoms with Crippen LogP contribution in [0.25, 0.3) is 0 Å². The first kappa shape index (κ1) is 14.9. The summed E-state index contributed by atoms with van der Waals surface area (Å²) in [5, 5.41) is 4.15. The Balaban J connectivity index is 1.75. The number of rotatable bonds is 4. The fourth-order valence-electron chi connectivity index (χ4n) is 3.47. The molecule has 6 nitrogen and oxygen atoms in total. The lowest BCUT2D eigenvalue weighted by atomic mass is 9.84. The lowest BCUT2D eigenvalue weighted by Crippen LogP contribution is -2.36. The van der Waals surface area contributed by atoms with Crippen LogP contribution < -0.4 is 5.73 Å². The summed E-state index contributed by atoms with van der Waals surface area (Å²) in [7, 11) is 1.70. The zero-order valence-corrected chi connectivity index (χ0v) is 12.7.